The second kappa shape index (κ2) is 26.9. The molecular weight excluding hydrogens is 452 g/mol. The predicted octanol–water partition coefficient (Wildman–Crippen LogP) is 6.81. The van der Waals surface area contributed by atoms with Gasteiger partial charge in [0.15, 0.2) is 0 Å². The largest absolute Gasteiger partial charge is 0.385 e. The zero-order valence-corrected chi connectivity index (χ0v) is 24.3. The molecule has 0 aromatic rings. The fourth-order valence-electron chi connectivity index (χ4n) is 4.60. The van der Waals surface area contributed by atoms with Crippen LogP contribution in [0, 0.1) is 11.8 Å². The van der Waals surface area contributed by atoms with Crippen LogP contribution in [0.4, 0.5) is 0 Å². The Kier molecular flexibility index (Phi) is 26.1. The predicted molar refractivity (Wildman–Crippen MR) is 151 cm³/mol. The molecule has 0 heterocycles. The van der Waals surface area contributed by atoms with Crippen molar-refractivity contribution in [2.45, 2.75) is 129 Å². The van der Waals surface area contributed by atoms with Gasteiger partial charge < -0.3 is 20.1 Å². The Morgan fingerprint density at radius 3 is 1.22 bits per heavy atom. The lowest BCUT2D eigenvalue weighted by Gasteiger charge is -2.14. The maximum Gasteiger partial charge on any atom is 0.219 e. The van der Waals surface area contributed by atoms with Crippen LogP contribution in [0.25, 0.3) is 0 Å². The third-order valence-electron chi connectivity index (χ3n) is 7.04. The topological polar surface area (TPSA) is 76.7 Å². The summed E-state index contributed by atoms with van der Waals surface area (Å²) in [6.07, 6.45) is 20.6. The quantitative estimate of drug-likeness (QED) is 0.119. The van der Waals surface area contributed by atoms with E-state index in [4.69, 9.17) is 9.47 Å². The Morgan fingerprint density at radius 1 is 0.528 bits per heavy atom. The molecule has 0 aromatic carbocycles. The summed E-state index contributed by atoms with van der Waals surface area (Å²) in [4.78, 5) is 23.5. The molecule has 2 unspecified atom stereocenters. The molecule has 0 radical (unpaired) electrons. The highest BCUT2D eigenvalue weighted by atomic mass is 16.5. The number of carbonyl (C=O) groups excluding carboxylic acids is 2. The van der Waals surface area contributed by atoms with Crippen LogP contribution in [0.1, 0.15) is 129 Å². The standard InChI is InChI=1S/C30H60N2O4/c1-27(17-9-5-7-11-21-29(33)31-23-15-25-35-3)19-13-14-20-28(2)18-10-6-8-12-22-30(34)32-24-16-26-36-4/h27-28H,5-26H2,1-4H3,(H,31,33)(H,32,34). The van der Waals surface area contributed by atoms with E-state index in [0.717, 1.165) is 63.5 Å². The molecule has 214 valence electrons. The van der Waals surface area contributed by atoms with Gasteiger partial charge in [0.25, 0.3) is 0 Å². The van der Waals surface area contributed by atoms with Crippen LogP contribution in [0.2, 0.25) is 0 Å². The van der Waals surface area contributed by atoms with Gasteiger partial charge in [-0.2, -0.15) is 0 Å². The zero-order chi connectivity index (χ0) is 26.7. The van der Waals surface area contributed by atoms with Crippen molar-refractivity contribution >= 4 is 11.8 Å². The average Bonchev–Trinajstić information content (AvgIpc) is 2.86. The third kappa shape index (κ3) is 25.9. The highest BCUT2D eigenvalue weighted by Gasteiger charge is 2.06. The number of nitrogens with one attached hydrogen (secondary N) is 2. The molecule has 0 spiro atoms. The molecule has 36 heavy (non-hydrogen) atoms. The number of unbranched alkanes of at least 4 members (excludes halogenated alkanes) is 7. The highest BCUT2D eigenvalue weighted by molar-refractivity contribution is 5.76. The first-order valence-corrected chi connectivity index (χ1v) is 15.0. The fraction of sp³-hybridized carbons (Fsp3) is 0.933. The molecule has 0 bridgehead atoms. The van der Waals surface area contributed by atoms with Gasteiger partial charge in [0.2, 0.25) is 11.8 Å². The summed E-state index contributed by atoms with van der Waals surface area (Å²) in [5.41, 5.74) is 0. The number of rotatable bonds is 27. The van der Waals surface area contributed by atoms with Gasteiger partial charge in [-0.1, -0.05) is 90.9 Å². The van der Waals surface area contributed by atoms with Crippen LogP contribution in [0.3, 0.4) is 0 Å². The lowest BCUT2D eigenvalue weighted by atomic mass is 9.93. The molecule has 0 rings (SSSR count). The fourth-order valence-corrected chi connectivity index (χ4v) is 4.60. The van der Waals surface area contributed by atoms with Crippen molar-refractivity contribution in [1.82, 2.24) is 10.6 Å². The summed E-state index contributed by atoms with van der Waals surface area (Å²) >= 11 is 0. The van der Waals surface area contributed by atoms with Crippen molar-refractivity contribution in [2.24, 2.45) is 11.8 Å². The zero-order valence-electron chi connectivity index (χ0n) is 24.3. The van der Waals surface area contributed by atoms with E-state index in [1.54, 1.807) is 14.2 Å². The number of hydrogen-bond donors (Lipinski definition) is 2. The second-order valence-corrected chi connectivity index (χ2v) is 10.8. The summed E-state index contributed by atoms with van der Waals surface area (Å²) in [6, 6.07) is 0. The molecule has 2 atom stereocenters. The molecule has 6 heteroatoms. The van der Waals surface area contributed by atoms with Crippen LogP contribution in [0.5, 0.6) is 0 Å². The lowest BCUT2D eigenvalue weighted by molar-refractivity contribution is -0.122. The summed E-state index contributed by atoms with van der Waals surface area (Å²) in [5.74, 6) is 2.01. The Hall–Kier alpha value is -1.14. The normalized spacial score (nSPS) is 12.9. The maximum absolute atomic E-state index is 11.7. The van der Waals surface area contributed by atoms with Gasteiger partial charge in [-0.25, -0.2) is 0 Å². The second-order valence-electron chi connectivity index (χ2n) is 10.8. The number of hydrogen-bond acceptors (Lipinski definition) is 4. The van der Waals surface area contributed by atoms with Gasteiger partial charge in [0, 0.05) is 53.4 Å². The summed E-state index contributed by atoms with van der Waals surface area (Å²) < 4.78 is 9.98. The highest BCUT2D eigenvalue weighted by Crippen LogP contribution is 2.21. The van der Waals surface area contributed by atoms with Crippen molar-refractivity contribution in [3.05, 3.63) is 0 Å². The van der Waals surface area contributed by atoms with E-state index in [-0.39, 0.29) is 11.8 Å². The van der Waals surface area contributed by atoms with E-state index in [1.807, 2.05) is 0 Å². The summed E-state index contributed by atoms with van der Waals surface area (Å²) in [5, 5.41) is 5.92. The SMILES string of the molecule is COCCCNC(=O)CCCCCCC(C)CCCCC(C)CCCCCCC(=O)NCCCOC. The summed E-state index contributed by atoms with van der Waals surface area (Å²) in [6.45, 7) is 7.66. The average molecular weight is 513 g/mol. The van der Waals surface area contributed by atoms with E-state index >= 15 is 0 Å². The lowest BCUT2D eigenvalue weighted by Crippen LogP contribution is -2.24. The van der Waals surface area contributed by atoms with Crippen molar-refractivity contribution in [1.29, 1.82) is 0 Å². The monoisotopic (exact) mass is 512 g/mol. The minimum Gasteiger partial charge on any atom is -0.385 e. The van der Waals surface area contributed by atoms with Crippen molar-refractivity contribution in [2.75, 3.05) is 40.5 Å². The van der Waals surface area contributed by atoms with Crippen LogP contribution < -0.4 is 10.6 Å². The van der Waals surface area contributed by atoms with Crippen molar-refractivity contribution in [3.63, 3.8) is 0 Å². The molecule has 0 fully saturated rings. The molecule has 0 aliphatic carbocycles. The minimum atomic E-state index is 0.183. The molecule has 0 aliphatic heterocycles. The van der Waals surface area contributed by atoms with E-state index in [1.165, 1.54) is 64.2 Å². The first-order valence-electron chi connectivity index (χ1n) is 15.0. The first kappa shape index (κ1) is 34.9. The molecule has 6 nitrogen and oxygen atoms in total. The molecule has 2 amide bonds. The van der Waals surface area contributed by atoms with Gasteiger partial charge in [-0.3, -0.25) is 9.59 Å². The molecular formula is C30H60N2O4. The number of methoxy groups -OCH3 is 2. The van der Waals surface area contributed by atoms with Crippen molar-refractivity contribution < 1.29 is 19.1 Å². The van der Waals surface area contributed by atoms with Gasteiger partial charge in [0.05, 0.1) is 0 Å². The van der Waals surface area contributed by atoms with Gasteiger partial charge in [-0.15, -0.1) is 0 Å². The van der Waals surface area contributed by atoms with Crippen LogP contribution in [-0.4, -0.2) is 52.3 Å². The van der Waals surface area contributed by atoms with Crippen molar-refractivity contribution in [3.8, 4) is 0 Å². The Labute approximate surface area is 223 Å². The molecule has 0 saturated carbocycles. The van der Waals surface area contributed by atoms with Crippen LogP contribution in [-0.2, 0) is 19.1 Å². The summed E-state index contributed by atoms with van der Waals surface area (Å²) in [7, 11) is 3.38. The maximum atomic E-state index is 11.7. The van der Waals surface area contributed by atoms with Gasteiger partial charge >= 0.3 is 0 Å². The Morgan fingerprint density at radius 2 is 0.861 bits per heavy atom. The van der Waals surface area contributed by atoms with Gasteiger partial charge in [-0.05, 0) is 37.5 Å². The number of amides is 2. The van der Waals surface area contributed by atoms with E-state index in [0.29, 0.717) is 26.1 Å². The van der Waals surface area contributed by atoms with Crippen LogP contribution >= 0.6 is 0 Å². The Balaban J connectivity index is 3.42. The Bertz CT molecular complexity index is 457. The van der Waals surface area contributed by atoms with E-state index in [2.05, 4.69) is 24.5 Å². The molecule has 0 saturated heterocycles. The molecule has 0 aromatic heterocycles. The molecule has 0 aliphatic rings. The van der Waals surface area contributed by atoms with Crippen LogP contribution in [0.15, 0.2) is 0 Å². The number of carbonyl (C=O) groups is 2. The van der Waals surface area contributed by atoms with E-state index in [9.17, 15) is 9.59 Å². The first-order chi connectivity index (χ1) is 17.5. The molecule has 2 N–H and O–H groups in total. The smallest absolute Gasteiger partial charge is 0.219 e. The van der Waals surface area contributed by atoms with Gasteiger partial charge in [0.1, 0.15) is 0 Å². The third-order valence-corrected chi connectivity index (χ3v) is 7.04. The number of ether oxygens (including phenoxy) is 2. The minimum absolute atomic E-state index is 0.183. The van der Waals surface area contributed by atoms with E-state index < -0.39 is 0 Å².